The number of rotatable bonds is 5. The number of Topliss-reactive ketones (excluding diaryl/α,β-unsaturated/α-hetero) is 1. The summed E-state index contributed by atoms with van der Waals surface area (Å²) in [7, 11) is 0. The van der Waals surface area contributed by atoms with Crippen molar-refractivity contribution in [3.63, 3.8) is 0 Å². The number of hydrogen-bond donors (Lipinski definition) is 0. The SMILES string of the molecule is Cc1ccc(-n2c(SCC(=O)c3ccc(Cl)cc3)nc3ccc(I)cc3c2=O)cc1. The second-order valence-electron chi connectivity index (χ2n) is 6.75. The molecule has 0 saturated heterocycles. The summed E-state index contributed by atoms with van der Waals surface area (Å²) in [5, 5.41) is 1.62. The summed E-state index contributed by atoms with van der Waals surface area (Å²) in [6, 6.07) is 20.1. The topological polar surface area (TPSA) is 52.0 Å². The van der Waals surface area contributed by atoms with Crippen LogP contribution in [0.2, 0.25) is 5.02 Å². The molecule has 1 heterocycles. The van der Waals surface area contributed by atoms with E-state index in [0.29, 0.717) is 26.6 Å². The Hall–Kier alpha value is -2.16. The largest absolute Gasteiger partial charge is 0.293 e. The maximum Gasteiger partial charge on any atom is 0.266 e. The number of ketones is 1. The van der Waals surface area contributed by atoms with Crippen LogP contribution in [-0.2, 0) is 0 Å². The minimum Gasteiger partial charge on any atom is -0.293 e. The minimum atomic E-state index is -0.149. The van der Waals surface area contributed by atoms with Crippen molar-refractivity contribution in [2.24, 2.45) is 0 Å². The van der Waals surface area contributed by atoms with E-state index >= 15 is 0 Å². The fourth-order valence-corrected chi connectivity index (χ4v) is 4.53. The van der Waals surface area contributed by atoms with Crippen molar-refractivity contribution in [2.45, 2.75) is 12.1 Å². The first kappa shape index (κ1) is 21.1. The van der Waals surface area contributed by atoms with Gasteiger partial charge in [-0.25, -0.2) is 4.98 Å². The number of carbonyl (C=O) groups is 1. The summed E-state index contributed by atoms with van der Waals surface area (Å²) in [4.78, 5) is 30.7. The number of carbonyl (C=O) groups excluding carboxylic acids is 1. The quantitative estimate of drug-likeness (QED) is 0.135. The Morgan fingerprint density at radius 2 is 1.77 bits per heavy atom. The van der Waals surface area contributed by atoms with E-state index in [0.717, 1.165) is 14.8 Å². The Bertz CT molecular complexity index is 1300. The second-order valence-corrected chi connectivity index (χ2v) is 9.38. The van der Waals surface area contributed by atoms with Crippen LogP contribution in [0.1, 0.15) is 15.9 Å². The Kier molecular flexibility index (Phi) is 6.26. The van der Waals surface area contributed by atoms with E-state index in [9.17, 15) is 9.59 Å². The van der Waals surface area contributed by atoms with Crippen molar-refractivity contribution in [2.75, 3.05) is 5.75 Å². The van der Waals surface area contributed by atoms with Gasteiger partial charge in [0.25, 0.3) is 5.56 Å². The highest BCUT2D eigenvalue weighted by molar-refractivity contribution is 14.1. The van der Waals surface area contributed by atoms with Crippen LogP contribution in [0.25, 0.3) is 16.6 Å². The second kappa shape index (κ2) is 8.91. The van der Waals surface area contributed by atoms with Crippen LogP contribution in [0.3, 0.4) is 0 Å². The Morgan fingerprint density at radius 3 is 2.47 bits per heavy atom. The summed E-state index contributed by atoms with van der Waals surface area (Å²) >= 11 is 9.34. The van der Waals surface area contributed by atoms with Gasteiger partial charge in [-0.05, 0) is 84.1 Å². The van der Waals surface area contributed by atoms with Crippen LogP contribution in [0.15, 0.2) is 76.7 Å². The van der Waals surface area contributed by atoms with Crippen molar-refractivity contribution < 1.29 is 4.79 Å². The average molecular weight is 547 g/mol. The van der Waals surface area contributed by atoms with Gasteiger partial charge in [0.05, 0.1) is 22.3 Å². The summed E-state index contributed by atoms with van der Waals surface area (Å²) in [6.45, 7) is 1.99. The normalized spacial score (nSPS) is 11.0. The number of hydrogen-bond acceptors (Lipinski definition) is 4. The van der Waals surface area contributed by atoms with Gasteiger partial charge in [0, 0.05) is 14.2 Å². The number of fused-ring (bicyclic) bond motifs is 1. The van der Waals surface area contributed by atoms with Crippen LogP contribution in [0.5, 0.6) is 0 Å². The van der Waals surface area contributed by atoms with E-state index in [1.165, 1.54) is 11.8 Å². The first-order valence-electron chi connectivity index (χ1n) is 9.13. The molecule has 4 nitrogen and oxygen atoms in total. The van der Waals surface area contributed by atoms with E-state index in [2.05, 4.69) is 22.6 Å². The summed E-state index contributed by atoms with van der Waals surface area (Å²) in [5.41, 5.74) is 2.86. The summed E-state index contributed by atoms with van der Waals surface area (Å²) in [5.74, 6) is 0.111. The molecule has 30 heavy (non-hydrogen) atoms. The van der Waals surface area contributed by atoms with Crippen molar-refractivity contribution in [1.29, 1.82) is 0 Å². The lowest BCUT2D eigenvalue weighted by molar-refractivity contribution is 0.102. The molecule has 4 rings (SSSR count). The fraction of sp³-hybridized carbons (Fsp3) is 0.0870. The Balaban J connectivity index is 1.77. The number of aromatic nitrogens is 2. The van der Waals surface area contributed by atoms with Crippen molar-refractivity contribution in [3.05, 3.63) is 96.8 Å². The van der Waals surface area contributed by atoms with Gasteiger partial charge in [-0.2, -0.15) is 0 Å². The van der Waals surface area contributed by atoms with Crippen LogP contribution < -0.4 is 5.56 Å². The summed E-state index contributed by atoms with van der Waals surface area (Å²) in [6.07, 6.45) is 0. The van der Waals surface area contributed by atoms with Crippen LogP contribution in [0, 0.1) is 10.5 Å². The molecular weight excluding hydrogens is 531 g/mol. The number of halogens is 2. The lowest BCUT2D eigenvalue weighted by Crippen LogP contribution is -2.22. The molecular formula is C23H16ClIN2O2S. The molecule has 3 aromatic carbocycles. The predicted octanol–water partition coefficient (Wildman–Crippen LogP) is 5.93. The monoisotopic (exact) mass is 546 g/mol. The summed E-state index contributed by atoms with van der Waals surface area (Å²) < 4.78 is 2.55. The lowest BCUT2D eigenvalue weighted by Gasteiger charge is -2.13. The number of thioether (sulfide) groups is 1. The average Bonchev–Trinajstić information content (AvgIpc) is 2.74. The molecule has 0 saturated carbocycles. The van der Waals surface area contributed by atoms with Crippen LogP contribution in [-0.4, -0.2) is 21.1 Å². The molecule has 0 atom stereocenters. The third-order valence-electron chi connectivity index (χ3n) is 4.59. The Labute approximate surface area is 196 Å². The molecule has 0 spiro atoms. The van der Waals surface area contributed by atoms with Gasteiger partial charge in [-0.15, -0.1) is 0 Å². The molecule has 0 aliphatic rings. The molecule has 0 unspecified atom stereocenters. The zero-order valence-electron chi connectivity index (χ0n) is 15.9. The first-order chi connectivity index (χ1) is 14.4. The van der Waals surface area contributed by atoms with Gasteiger partial charge < -0.3 is 0 Å². The van der Waals surface area contributed by atoms with Crippen LogP contribution in [0.4, 0.5) is 0 Å². The van der Waals surface area contributed by atoms with Gasteiger partial charge >= 0.3 is 0 Å². The van der Waals surface area contributed by atoms with E-state index in [1.54, 1.807) is 28.8 Å². The van der Waals surface area contributed by atoms with E-state index in [1.807, 2.05) is 49.4 Å². The number of nitrogens with zero attached hydrogens (tertiary/aromatic N) is 2. The van der Waals surface area contributed by atoms with Crippen molar-refractivity contribution in [1.82, 2.24) is 9.55 Å². The maximum atomic E-state index is 13.3. The fourth-order valence-electron chi connectivity index (χ4n) is 3.00. The minimum absolute atomic E-state index is 0.0518. The first-order valence-corrected chi connectivity index (χ1v) is 11.6. The van der Waals surface area contributed by atoms with Gasteiger partial charge in [-0.3, -0.25) is 14.2 Å². The molecule has 0 aliphatic carbocycles. The standard InChI is InChI=1S/C23H16ClIN2O2S/c1-14-2-9-18(10-3-14)27-22(29)19-12-17(25)8-11-20(19)26-23(27)30-13-21(28)15-4-6-16(24)7-5-15/h2-12H,13H2,1H3. The highest BCUT2D eigenvalue weighted by Gasteiger charge is 2.16. The van der Waals surface area contributed by atoms with Crippen molar-refractivity contribution in [3.8, 4) is 5.69 Å². The smallest absolute Gasteiger partial charge is 0.266 e. The zero-order valence-corrected chi connectivity index (χ0v) is 19.7. The maximum absolute atomic E-state index is 13.3. The third-order valence-corrected chi connectivity index (χ3v) is 6.45. The number of benzene rings is 3. The van der Waals surface area contributed by atoms with E-state index in [-0.39, 0.29) is 17.1 Å². The van der Waals surface area contributed by atoms with Gasteiger partial charge in [0.1, 0.15) is 0 Å². The third kappa shape index (κ3) is 4.45. The molecule has 0 bridgehead atoms. The van der Waals surface area contributed by atoms with Crippen molar-refractivity contribution >= 4 is 62.6 Å². The molecule has 0 N–H and O–H groups in total. The molecule has 1 aromatic heterocycles. The van der Waals surface area contributed by atoms with E-state index in [4.69, 9.17) is 16.6 Å². The highest BCUT2D eigenvalue weighted by Crippen LogP contribution is 2.24. The molecule has 4 aromatic rings. The zero-order chi connectivity index (χ0) is 21.3. The molecule has 0 amide bonds. The Morgan fingerprint density at radius 1 is 1.07 bits per heavy atom. The molecule has 0 radical (unpaired) electrons. The van der Waals surface area contributed by atoms with Gasteiger partial charge in [-0.1, -0.05) is 41.1 Å². The van der Waals surface area contributed by atoms with E-state index < -0.39 is 0 Å². The van der Waals surface area contributed by atoms with Gasteiger partial charge in [0.2, 0.25) is 0 Å². The highest BCUT2D eigenvalue weighted by atomic mass is 127. The van der Waals surface area contributed by atoms with Gasteiger partial charge in [0.15, 0.2) is 10.9 Å². The molecule has 0 fully saturated rings. The molecule has 150 valence electrons. The number of aryl methyl sites for hydroxylation is 1. The molecule has 0 aliphatic heterocycles. The predicted molar refractivity (Wildman–Crippen MR) is 131 cm³/mol. The van der Waals surface area contributed by atoms with Crippen LogP contribution >= 0.6 is 46.0 Å². The molecule has 7 heteroatoms. The lowest BCUT2D eigenvalue weighted by atomic mass is 10.1.